The summed E-state index contributed by atoms with van der Waals surface area (Å²) in [5.74, 6) is 0. The van der Waals surface area contributed by atoms with Crippen LogP contribution in [0, 0.1) is 18.3 Å². The standard InChI is InChI=1S/C15H23N3/c1-12(2)18(4)9-5-8-17-15-7-6-13(3)10-14(15)11-16/h6-7,10,12,17H,5,8-9H2,1-4H3. The molecule has 0 radical (unpaired) electrons. The fraction of sp³-hybridized carbons (Fsp3) is 0.533. The Labute approximate surface area is 110 Å². The molecule has 0 amide bonds. The lowest BCUT2D eigenvalue weighted by Gasteiger charge is -2.21. The zero-order valence-electron chi connectivity index (χ0n) is 11.8. The second-order valence-electron chi connectivity index (χ2n) is 5.02. The number of aryl methyl sites for hydroxylation is 1. The Balaban J connectivity index is 2.43. The van der Waals surface area contributed by atoms with Crippen LogP contribution in [-0.4, -0.2) is 31.1 Å². The average molecular weight is 245 g/mol. The summed E-state index contributed by atoms with van der Waals surface area (Å²) < 4.78 is 0. The first-order valence-electron chi connectivity index (χ1n) is 6.49. The lowest BCUT2D eigenvalue weighted by molar-refractivity contribution is 0.273. The van der Waals surface area contributed by atoms with Gasteiger partial charge in [0.25, 0.3) is 0 Å². The van der Waals surface area contributed by atoms with Gasteiger partial charge in [0, 0.05) is 12.6 Å². The predicted molar refractivity (Wildman–Crippen MR) is 76.8 cm³/mol. The highest BCUT2D eigenvalue weighted by Crippen LogP contribution is 2.16. The second kappa shape index (κ2) is 7.03. The van der Waals surface area contributed by atoms with E-state index in [1.165, 1.54) is 0 Å². The van der Waals surface area contributed by atoms with Gasteiger partial charge in [-0.15, -0.1) is 0 Å². The van der Waals surface area contributed by atoms with Gasteiger partial charge in [0.1, 0.15) is 6.07 Å². The highest BCUT2D eigenvalue weighted by Gasteiger charge is 2.03. The van der Waals surface area contributed by atoms with E-state index in [0.717, 1.165) is 36.3 Å². The monoisotopic (exact) mass is 245 g/mol. The first kappa shape index (κ1) is 14.5. The Morgan fingerprint density at radius 3 is 2.72 bits per heavy atom. The number of rotatable bonds is 6. The minimum Gasteiger partial charge on any atom is -0.384 e. The van der Waals surface area contributed by atoms with Gasteiger partial charge in [0.2, 0.25) is 0 Å². The molecule has 0 saturated carbocycles. The van der Waals surface area contributed by atoms with Gasteiger partial charge in [0.15, 0.2) is 0 Å². The molecule has 1 aromatic rings. The maximum atomic E-state index is 9.06. The van der Waals surface area contributed by atoms with Crippen LogP contribution < -0.4 is 5.32 Å². The van der Waals surface area contributed by atoms with E-state index in [-0.39, 0.29) is 0 Å². The van der Waals surface area contributed by atoms with Crippen LogP contribution in [-0.2, 0) is 0 Å². The van der Waals surface area contributed by atoms with Crippen molar-refractivity contribution in [1.82, 2.24) is 4.90 Å². The van der Waals surface area contributed by atoms with Gasteiger partial charge in [-0.3, -0.25) is 0 Å². The Morgan fingerprint density at radius 1 is 1.39 bits per heavy atom. The molecule has 0 atom stereocenters. The molecule has 0 saturated heterocycles. The Morgan fingerprint density at radius 2 is 2.11 bits per heavy atom. The summed E-state index contributed by atoms with van der Waals surface area (Å²) in [5.41, 5.74) is 2.79. The van der Waals surface area contributed by atoms with E-state index in [2.05, 4.69) is 37.2 Å². The number of nitrogens with zero attached hydrogens (tertiary/aromatic N) is 2. The molecule has 0 aliphatic rings. The first-order valence-corrected chi connectivity index (χ1v) is 6.49. The number of hydrogen-bond donors (Lipinski definition) is 1. The zero-order chi connectivity index (χ0) is 13.5. The molecule has 1 N–H and O–H groups in total. The van der Waals surface area contributed by atoms with Gasteiger partial charge in [-0.2, -0.15) is 5.26 Å². The fourth-order valence-corrected chi connectivity index (χ4v) is 1.71. The summed E-state index contributed by atoms with van der Waals surface area (Å²) in [4.78, 5) is 2.32. The fourth-order valence-electron chi connectivity index (χ4n) is 1.71. The van der Waals surface area contributed by atoms with Gasteiger partial charge in [-0.05, 0) is 58.5 Å². The van der Waals surface area contributed by atoms with Crippen molar-refractivity contribution in [3.05, 3.63) is 29.3 Å². The minimum atomic E-state index is 0.582. The molecule has 98 valence electrons. The molecule has 0 aliphatic heterocycles. The third-order valence-corrected chi connectivity index (χ3v) is 3.18. The highest BCUT2D eigenvalue weighted by atomic mass is 15.1. The normalized spacial score (nSPS) is 10.7. The average Bonchev–Trinajstić information content (AvgIpc) is 2.35. The number of anilines is 1. The predicted octanol–water partition coefficient (Wildman–Crippen LogP) is 3.01. The Bertz CT molecular complexity index is 418. The van der Waals surface area contributed by atoms with E-state index in [0.29, 0.717) is 6.04 Å². The molecule has 1 aromatic carbocycles. The van der Waals surface area contributed by atoms with Crippen molar-refractivity contribution < 1.29 is 0 Å². The molecule has 3 heteroatoms. The zero-order valence-corrected chi connectivity index (χ0v) is 11.8. The Kier molecular flexibility index (Phi) is 5.67. The van der Waals surface area contributed by atoms with Crippen molar-refractivity contribution in [3.63, 3.8) is 0 Å². The molecule has 0 spiro atoms. The first-order chi connectivity index (χ1) is 8.54. The summed E-state index contributed by atoms with van der Waals surface area (Å²) in [6.07, 6.45) is 1.08. The summed E-state index contributed by atoms with van der Waals surface area (Å²) in [7, 11) is 2.14. The van der Waals surface area contributed by atoms with Crippen molar-refractivity contribution >= 4 is 5.69 Å². The van der Waals surface area contributed by atoms with Crippen LogP contribution in [0.15, 0.2) is 18.2 Å². The van der Waals surface area contributed by atoms with Crippen molar-refractivity contribution in [2.45, 2.75) is 33.2 Å². The molecule has 3 nitrogen and oxygen atoms in total. The molecule has 0 fully saturated rings. The third kappa shape index (κ3) is 4.38. The van der Waals surface area contributed by atoms with E-state index in [9.17, 15) is 0 Å². The van der Waals surface area contributed by atoms with E-state index >= 15 is 0 Å². The van der Waals surface area contributed by atoms with Crippen LogP contribution >= 0.6 is 0 Å². The van der Waals surface area contributed by atoms with E-state index < -0.39 is 0 Å². The molecule has 0 heterocycles. The molecule has 0 bridgehead atoms. The van der Waals surface area contributed by atoms with Crippen LogP contribution in [0.25, 0.3) is 0 Å². The molecule has 0 aromatic heterocycles. The minimum absolute atomic E-state index is 0.582. The van der Waals surface area contributed by atoms with Gasteiger partial charge in [0.05, 0.1) is 11.3 Å². The third-order valence-electron chi connectivity index (χ3n) is 3.18. The molecule has 0 unspecified atom stereocenters. The molecular weight excluding hydrogens is 222 g/mol. The van der Waals surface area contributed by atoms with Gasteiger partial charge in [-0.25, -0.2) is 0 Å². The summed E-state index contributed by atoms with van der Waals surface area (Å²) in [5, 5.41) is 12.4. The number of nitrogens with one attached hydrogen (secondary N) is 1. The summed E-state index contributed by atoms with van der Waals surface area (Å²) in [6.45, 7) is 8.36. The summed E-state index contributed by atoms with van der Waals surface area (Å²) >= 11 is 0. The lowest BCUT2D eigenvalue weighted by Crippen LogP contribution is -2.28. The van der Waals surface area contributed by atoms with Crippen LogP contribution in [0.3, 0.4) is 0 Å². The smallest absolute Gasteiger partial charge is 0.101 e. The largest absolute Gasteiger partial charge is 0.384 e. The second-order valence-corrected chi connectivity index (χ2v) is 5.02. The van der Waals surface area contributed by atoms with Crippen LogP contribution in [0.2, 0.25) is 0 Å². The van der Waals surface area contributed by atoms with Crippen LogP contribution in [0.4, 0.5) is 5.69 Å². The maximum absolute atomic E-state index is 9.06. The van der Waals surface area contributed by atoms with E-state index in [4.69, 9.17) is 5.26 Å². The van der Waals surface area contributed by atoms with Gasteiger partial charge >= 0.3 is 0 Å². The molecule has 0 aliphatic carbocycles. The van der Waals surface area contributed by atoms with Crippen molar-refractivity contribution in [2.75, 3.05) is 25.5 Å². The quantitative estimate of drug-likeness (QED) is 0.783. The van der Waals surface area contributed by atoms with Gasteiger partial charge < -0.3 is 10.2 Å². The van der Waals surface area contributed by atoms with Crippen LogP contribution in [0.1, 0.15) is 31.4 Å². The van der Waals surface area contributed by atoms with Crippen molar-refractivity contribution in [2.24, 2.45) is 0 Å². The lowest BCUT2D eigenvalue weighted by atomic mass is 10.1. The number of hydrogen-bond acceptors (Lipinski definition) is 3. The molecular formula is C15H23N3. The number of benzene rings is 1. The SMILES string of the molecule is Cc1ccc(NCCCN(C)C(C)C)c(C#N)c1. The van der Waals surface area contributed by atoms with E-state index in [1.54, 1.807) is 0 Å². The van der Waals surface area contributed by atoms with Crippen molar-refractivity contribution in [3.8, 4) is 6.07 Å². The van der Waals surface area contributed by atoms with Crippen LogP contribution in [0.5, 0.6) is 0 Å². The maximum Gasteiger partial charge on any atom is 0.101 e. The topological polar surface area (TPSA) is 39.1 Å². The Hall–Kier alpha value is -1.53. The van der Waals surface area contributed by atoms with E-state index in [1.807, 2.05) is 25.1 Å². The van der Waals surface area contributed by atoms with Gasteiger partial charge in [-0.1, -0.05) is 6.07 Å². The number of nitriles is 1. The summed E-state index contributed by atoms with van der Waals surface area (Å²) in [6, 6.07) is 8.75. The highest BCUT2D eigenvalue weighted by molar-refractivity contribution is 5.58. The van der Waals surface area contributed by atoms with Crippen molar-refractivity contribution in [1.29, 1.82) is 5.26 Å². The molecule has 18 heavy (non-hydrogen) atoms. The molecule has 1 rings (SSSR count).